The van der Waals surface area contributed by atoms with Gasteiger partial charge >= 0.3 is 43.7 Å². The van der Waals surface area contributed by atoms with E-state index in [2.05, 4.69) is 9.97 Å². The second-order valence-corrected chi connectivity index (χ2v) is 4.14. The Morgan fingerprint density at radius 2 is 1.77 bits per heavy atom. The summed E-state index contributed by atoms with van der Waals surface area (Å²) in [5.74, 6) is -1.11. The molecule has 0 fully saturated rings. The van der Waals surface area contributed by atoms with Crippen molar-refractivity contribution in [2.24, 2.45) is 0 Å². The summed E-state index contributed by atoms with van der Waals surface area (Å²) in [7, 11) is 2.83. The van der Waals surface area contributed by atoms with Gasteiger partial charge in [-0.15, -0.1) is 0 Å². The van der Waals surface area contributed by atoms with Crippen molar-refractivity contribution in [3.8, 4) is 23.5 Å². The van der Waals surface area contributed by atoms with Gasteiger partial charge in [0.05, 0.1) is 36.8 Å². The molecule has 0 spiro atoms. The van der Waals surface area contributed by atoms with Crippen LogP contribution in [-0.4, -0.2) is 67.9 Å². The van der Waals surface area contributed by atoms with Crippen LogP contribution >= 0.6 is 11.6 Å². The van der Waals surface area contributed by atoms with Gasteiger partial charge in [0.2, 0.25) is 11.8 Å². The SMILES string of the molecule is COc1cc(OC)nc(Oc2cccc(Cl)c2C(=O)[O-])n1.[Ca+2]. The maximum absolute atomic E-state index is 11.1. The number of aromatic carboxylic acids is 1. The van der Waals surface area contributed by atoms with Crippen LogP contribution in [-0.2, 0) is 0 Å². The van der Waals surface area contributed by atoms with Gasteiger partial charge in [-0.3, -0.25) is 0 Å². The third-order valence-corrected chi connectivity index (χ3v) is 2.77. The van der Waals surface area contributed by atoms with E-state index in [0.717, 1.165) is 0 Å². The Bertz CT molecular complexity index is 661. The molecule has 1 aromatic carbocycles. The molecule has 0 aliphatic heterocycles. The second-order valence-electron chi connectivity index (χ2n) is 3.74. The van der Waals surface area contributed by atoms with E-state index in [1.165, 1.54) is 38.5 Å². The molecular weight excluding hydrogens is 340 g/mol. The number of carboxylic acids is 1. The zero-order chi connectivity index (χ0) is 15.4. The molecule has 0 radical (unpaired) electrons. The molecule has 1 heterocycles. The molecule has 2 aromatic rings. The Balaban J connectivity index is 0.00000242. The molecule has 0 bridgehead atoms. The minimum absolute atomic E-state index is 0. The first-order valence-corrected chi connectivity index (χ1v) is 6.07. The summed E-state index contributed by atoms with van der Waals surface area (Å²) in [6.45, 7) is 0. The van der Waals surface area contributed by atoms with Gasteiger partial charge in [0.1, 0.15) is 5.75 Å². The van der Waals surface area contributed by atoms with Crippen LogP contribution in [0.1, 0.15) is 10.4 Å². The van der Waals surface area contributed by atoms with Gasteiger partial charge in [-0.05, 0) is 12.1 Å². The third kappa shape index (κ3) is 4.36. The number of ether oxygens (including phenoxy) is 3. The molecule has 9 heteroatoms. The fourth-order valence-electron chi connectivity index (χ4n) is 1.52. The molecule has 0 aliphatic carbocycles. The van der Waals surface area contributed by atoms with Crippen molar-refractivity contribution in [2.45, 2.75) is 0 Å². The van der Waals surface area contributed by atoms with Crippen molar-refractivity contribution in [3.05, 3.63) is 34.9 Å². The summed E-state index contributed by atoms with van der Waals surface area (Å²) in [6, 6.07) is 5.65. The van der Waals surface area contributed by atoms with Crippen molar-refractivity contribution in [1.82, 2.24) is 9.97 Å². The number of carbonyl (C=O) groups is 1. The zero-order valence-corrected chi connectivity index (χ0v) is 14.8. The van der Waals surface area contributed by atoms with E-state index in [1.54, 1.807) is 0 Å². The van der Waals surface area contributed by atoms with Crippen molar-refractivity contribution in [2.75, 3.05) is 14.2 Å². The summed E-state index contributed by atoms with van der Waals surface area (Å²) in [4.78, 5) is 19.0. The number of halogens is 1. The smallest absolute Gasteiger partial charge is 0.545 e. The predicted octanol–water partition coefficient (Wildman–Crippen LogP) is 0.922. The molecule has 2 rings (SSSR count). The largest absolute Gasteiger partial charge is 2.00 e. The van der Waals surface area contributed by atoms with E-state index in [9.17, 15) is 9.90 Å². The van der Waals surface area contributed by atoms with Crippen molar-refractivity contribution in [3.63, 3.8) is 0 Å². The van der Waals surface area contributed by atoms with Gasteiger partial charge < -0.3 is 24.1 Å². The number of aromatic nitrogens is 2. The molecule has 110 valence electrons. The number of rotatable bonds is 5. The molecule has 0 saturated carbocycles. The maximum Gasteiger partial charge on any atom is 2.00 e. The van der Waals surface area contributed by atoms with E-state index in [-0.39, 0.29) is 71.8 Å². The number of carbonyl (C=O) groups excluding carboxylic acids is 1. The fraction of sp³-hybridized carbons (Fsp3) is 0.154. The van der Waals surface area contributed by atoms with Crippen LogP contribution in [0.5, 0.6) is 23.5 Å². The number of benzene rings is 1. The molecule has 0 aliphatic rings. The quantitative estimate of drug-likeness (QED) is 0.741. The summed E-state index contributed by atoms with van der Waals surface area (Å²) in [5, 5.41) is 11.1. The van der Waals surface area contributed by atoms with E-state index in [1.807, 2.05) is 0 Å². The molecule has 0 amide bonds. The Hall–Kier alpha value is -1.28. The van der Waals surface area contributed by atoms with Crippen LogP contribution in [0.15, 0.2) is 24.3 Å². The van der Waals surface area contributed by atoms with Crippen LogP contribution in [0.4, 0.5) is 0 Å². The van der Waals surface area contributed by atoms with Gasteiger partial charge in [0.15, 0.2) is 0 Å². The summed E-state index contributed by atoms with van der Waals surface area (Å²) < 4.78 is 15.3. The number of methoxy groups -OCH3 is 2. The molecule has 22 heavy (non-hydrogen) atoms. The molecular formula is C13H10CaClN2O5+. The number of hydrogen-bond donors (Lipinski definition) is 0. The Morgan fingerprint density at radius 1 is 1.18 bits per heavy atom. The van der Waals surface area contributed by atoms with E-state index in [4.69, 9.17) is 25.8 Å². The summed E-state index contributed by atoms with van der Waals surface area (Å²) in [5.41, 5.74) is -0.287. The van der Waals surface area contributed by atoms with Gasteiger partial charge in [0.25, 0.3) is 0 Å². The average Bonchev–Trinajstić information content (AvgIpc) is 2.46. The number of carboxylic acid groups (broad SMARTS) is 1. The Morgan fingerprint density at radius 3 is 2.27 bits per heavy atom. The minimum Gasteiger partial charge on any atom is -0.545 e. The van der Waals surface area contributed by atoms with Gasteiger partial charge in [-0.1, -0.05) is 17.7 Å². The Labute approximate surface area is 161 Å². The molecule has 0 saturated heterocycles. The average molecular weight is 350 g/mol. The van der Waals surface area contributed by atoms with Crippen LogP contribution < -0.4 is 19.3 Å². The van der Waals surface area contributed by atoms with E-state index >= 15 is 0 Å². The number of hydrogen-bond acceptors (Lipinski definition) is 7. The number of nitrogens with zero attached hydrogens (tertiary/aromatic N) is 2. The van der Waals surface area contributed by atoms with Gasteiger partial charge in [-0.25, -0.2) is 0 Å². The molecule has 0 unspecified atom stereocenters. The predicted molar refractivity (Wildman–Crippen MR) is 76.7 cm³/mol. The standard InChI is InChI=1S/C13H11ClN2O5.Ca/c1-19-9-6-10(20-2)16-13(15-9)21-8-5-3-4-7(14)11(8)12(17)18;/h3-6H,1-2H3,(H,17,18);/q;+2/p-1. The Kier molecular flexibility index (Phi) is 7.15. The maximum atomic E-state index is 11.1. The van der Waals surface area contributed by atoms with Crippen LogP contribution in [0.25, 0.3) is 0 Å². The molecule has 0 atom stereocenters. The molecule has 0 N–H and O–H groups in total. The summed E-state index contributed by atoms with van der Waals surface area (Å²) >= 11 is 5.82. The normalized spacial score (nSPS) is 9.59. The summed E-state index contributed by atoms with van der Waals surface area (Å²) in [6.07, 6.45) is 0. The van der Waals surface area contributed by atoms with Crippen LogP contribution in [0.3, 0.4) is 0 Å². The van der Waals surface area contributed by atoms with Gasteiger partial charge in [-0.2, -0.15) is 9.97 Å². The minimum atomic E-state index is -1.47. The monoisotopic (exact) mass is 349 g/mol. The third-order valence-electron chi connectivity index (χ3n) is 2.46. The van der Waals surface area contributed by atoms with Crippen LogP contribution in [0.2, 0.25) is 5.02 Å². The van der Waals surface area contributed by atoms with Crippen molar-refractivity contribution in [1.29, 1.82) is 0 Å². The van der Waals surface area contributed by atoms with Crippen molar-refractivity contribution < 1.29 is 24.1 Å². The fourth-order valence-corrected chi connectivity index (χ4v) is 1.77. The van der Waals surface area contributed by atoms with E-state index < -0.39 is 5.97 Å². The molecule has 1 aromatic heterocycles. The topological polar surface area (TPSA) is 93.6 Å². The zero-order valence-electron chi connectivity index (χ0n) is 11.8. The molecule has 7 nitrogen and oxygen atoms in total. The van der Waals surface area contributed by atoms with Crippen molar-refractivity contribution >= 4 is 55.3 Å². The van der Waals surface area contributed by atoms with Gasteiger partial charge in [0, 0.05) is 0 Å². The second kappa shape index (κ2) is 8.38. The first-order valence-electron chi connectivity index (χ1n) is 5.70. The first kappa shape index (κ1) is 18.8. The van der Waals surface area contributed by atoms with Crippen LogP contribution in [0, 0.1) is 0 Å². The van der Waals surface area contributed by atoms with E-state index in [0.29, 0.717) is 0 Å². The first-order chi connectivity index (χ1) is 10.0.